The third-order valence-electron chi connectivity index (χ3n) is 2.40. The van der Waals surface area contributed by atoms with E-state index in [-0.39, 0.29) is 0 Å². The van der Waals surface area contributed by atoms with E-state index in [1.165, 1.54) is 0 Å². The van der Waals surface area contributed by atoms with Crippen molar-refractivity contribution in [2.24, 2.45) is 0 Å². The molecule has 0 aliphatic heterocycles. The second-order valence-corrected chi connectivity index (χ2v) is 4.04. The molecule has 0 saturated heterocycles. The molecule has 0 unspecified atom stereocenters. The SMILES string of the molecule is COCc1nc(Cl)cc(-c2ccc(OC)cc2)n1. The van der Waals surface area contributed by atoms with Gasteiger partial charge in [0, 0.05) is 18.7 Å². The van der Waals surface area contributed by atoms with Crippen LogP contribution in [0.3, 0.4) is 0 Å². The van der Waals surface area contributed by atoms with E-state index in [4.69, 9.17) is 21.1 Å². The minimum Gasteiger partial charge on any atom is -0.497 e. The fraction of sp³-hybridized carbons (Fsp3) is 0.231. The number of benzene rings is 1. The minimum atomic E-state index is 0.337. The molecule has 18 heavy (non-hydrogen) atoms. The number of aromatic nitrogens is 2. The summed E-state index contributed by atoms with van der Waals surface area (Å²) < 4.78 is 10.1. The molecule has 5 heteroatoms. The van der Waals surface area contributed by atoms with Crippen LogP contribution in [0.2, 0.25) is 5.15 Å². The van der Waals surface area contributed by atoms with Crippen molar-refractivity contribution < 1.29 is 9.47 Å². The summed E-state index contributed by atoms with van der Waals surface area (Å²) in [5, 5.41) is 0.405. The molecule has 94 valence electrons. The number of nitrogens with zero attached hydrogens (tertiary/aromatic N) is 2. The van der Waals surface area contributed by atoms with Crippen molar-refractivity contribution in [3.05, 3.63) is 41.3 Å². The van der Waals surface area contributed by atoms with Crippen LogP contribution in [-0.4, -0.2) is 24.2 Å². The van der Waals surface area contributed by atoms with Gasteiger partial charge in [0.25, 0.3) is 0 Å². The lowest BCUT2D eigenvalue weighted by molar-refractivity contribution is 0.178. The van der Waals surface area contributed by atoms with Gasteiger partial charge in [0.15, 0.2) is 5.82 Å². The topological polar surface area (TPSA) is 44.2 Å². The summed E-state index contributed by atoms with van der Waals surface area (Å²) in [5.74, 6) is 1.37. The molecule has 0 fully saturated rings. The first-order valence-corrected chi connectivity index (χ1v) is 5.77. The molecular weight excluding hydrogens is 252 g/mol. The van der Waals surface area contributed by atoms with Crippen LogP contribution in [0.1, 0.15) is 5.82 Å². The number of halogens is 1. The van der Waals surface area contributed by atoms with Crippen molar-refractivity contribution in [2.75, 3.05) is 14.2 Å². The van der Waals surface area contributed by atoms with Gasteiger partial charge in [-0.1, -0.05) is 11.6 Å². The van der Waals surface area contributed by atoms with Gasteiger partial charge in [-0.3, -0.25) is 0 Å². The normalized spacial score (nSPS) is 10.4. The fourth-order valence-corrected chi connectivity index (χ4v) is 1.77. The molecule has 0 N–H and O–H groups in total. The van der Waals surface area contributed by atoms with Gasteiger partial charge in [-0.15, -0.1) is 0 Å². The van der Waals surface area contributed by atoms with E-state index >= 15 is 0 Å². The molecule has 0 amide bonds. The molecule has 1 heterocycles. The van der Waals surface area contributed by atoms with E-state index in [1.807, 2.05) is 24.3 Å². The third kappa shape index (κ3) is 2.97. The van der Waals surface area contributed by atoms with Gasteiger partial charge in [-0.05, 0) is 24.3 Å². The molecule has 0 spiro atoms. The maximum atomic E-state index is 5.96. The Morgan fingerprint density at radius 1 is 1.11 bits per heavy atom. The maximum absolute atomic E-state index is 5.96. The van der Waals surface area contributed by atoms with Crippen molar-refractivity contribution in [3.8, 4) is 17.0 Å². The zero-order chi connectivity index (χ0) is 13.0. The number of hydrogen-bond donors (Lipinski definition) is 0. The van der Waals surface area contributed by atoms with Crippen LogP contribution in [0.5, 0.6) is 5.75 Å². The van der Waals surface area contributed by atoms with Gasteiger partial charge in [-0.25, -0.2) is 9.97 Å². The Hall–Kier alpha value is -1.65. The fourth-order valence-electron chi connectivity index (χ4n) is 1.57. The van der Waals surface area contributed by atoms with E-state index in [0.717, 1.165) is 17.0 Å². The molecule has 1 aromatic carbocycles. The summed E-state index contributed by atoms with van der Waals surface area (Å²) in [5.41, 5.74) is 1.72. The van der Waals surface area contributed by atoms with Crippen molar-refractivity contribution in [3.63, 3.8) is 0 Å². The molecule has 4 nitrogen and oxygen atoms in total. The first kappa shape index (κ1) is 12.8. The highest BCUT2D eigenvalue weighted by Crippen LogP contribution is 2.22. The van der Waals surface area contributed by atoms with E-state index in [2.05, 4.69) is 9.97 Å². The highest BCUT2D eigenvalue weighted by Gasteiger charge is 2.05. The lowest BCUT2D eigenvalue weighted by Gasteiger charge is -2.06. The van der Waals surface area contributed by atoms with Crippen molar-refractivity contribution in [1.82, 2.24) is 9.97 Å². The Morgan fingerprint density at radius 3 is 2.44 bits per heavy atom. The molecule has 0 aliphatic carbocycles. The average molecular weight is 265 g/mol. The molecular formula is C13H13ClN2O2. The molecule has 1 aromatic heterocycles. The van der Waals surface area contributed by atoms with Crippen LogP contribution in [0.4, 0.5) is 0 Å². The molecule has 0 aliphatic rings. The molecule has 0 bridgehead atoms. The molecule has 0 saturated carbocycles. The number of methoxy groups -OCH3 is 2. The largest absolute Gasteiger partial charge is 0.497 e. The molecule has 2 aromatic rings. The van der Waals surface area contributed by atoms with Gasteiger partial charge in [0.2, 0.25) is 0 Å². The van der Waals surface area contributed by atoms with Gasteiger partial charge in [0.05, 0.1) is 12.8 Å². The van der Waals surface area contributed by atoms with E-state index < -0.39 is 0 Å². The second kappa shape index (κ2) is 5.80. The van der Waals surface area contributed by atoms with E-state index in [0.29, 0.717) is 17.6 Å². The van der Waals surface area contributed by atoms with Crippen LogP contribution in [0.25, 0.3) is 11.3 Å². The molecule has 0 radical (unpaired) electrons. The lowest BCUT2D eigenvalue weighted by Crippen LogP contribution is -1.98. The predicted octanol–water partition coefficient (Wildman–Crippen LogP) is 2.95. The van der Waals surface area contributed by atoms with Crippen molar-refractivity contribution in [1.29, 1.82) is 0 Å². The Kier molecular flexibility index (Phi) is 4.12. The molecule has 2 rings (SSSR count). The highest BCUT2D eigenvalue weighted by molar-refractivity contribution is 6.29. The van der Waals surface area contributed by atoms with Crippen LogP contribution in [0, 0.1) is 0 Å². The highest BCUT2D eigenvalue weighted by atomic mass is 35.5. The number of ether oxygens (including phenoxy) is 2. The third-order valence-corrected chi connectivity index (χ3v) is 2.59. The van der Waals surface area contributed by atoms with Crippen molar-refractivity contribution in [2.45, 2.75) is 6.61 Å². The first-order valence-electron chi connectivity index (χ1n) is 5.39. The summed E-state index contributed by atoms with van der Waals surface area (Å²) in [6.07, 6.45) is 0. The van der Waals surface area contributed by atoms with Crippen LogP contribution >= 0.6 is 11.6 Å². The van der Waals surface area contributed by atoms with Crippen LogP contribution < -0.4 is 4.74 Å². The standard InChI is InChI=1S/C13H13ClN2O2/c1-17-8-13-15-11(7-12(14)16-13)9-3-5-10(18-2)6-4-9/h3-7H,8H2,1-2H3. The van der Waals surface area contributed by atoms with E-state index in [1.54, 1.807) is 20.3 Å². The summed E-state index contributed by atoms with van der Waals surface area (Å²) in [6.45, 7) is 0.337. The Morgan fingerprint density at radius 2 is 1.83 bits per heavy atom. The minimum absolute atomic E-state index is 0.337. The Labute approximate surface area is 111 Å². The quantitative estimate of drug-likeness (QED) is 0.797. The monoisotopic (exact) mass is 264 g/mol. The average Bonchev–Trinajstić information content (AvgIpc) is 2.38. The predicted molar refractivity (Wildman–Crippen MR) is 69.7 cm³/mol. The Balaban J connectivity index is 2.36. The van der Waals surface area contributed by atoms with Crippen molar-refractivity contribution >= 4 is 11.6 Å². The second-order valence-electron chi connectivity index (χ2n) is 3.65. The van der Waals surface area contributed by atoms with Gasteiger partial charge >= 0.3 is 0 Å². The summed E-state index contributed by atoms with van der Waals surface area (Å²) in [4.78, 5) is 8.48. The van der Waals surface area contributed by atoms with Gasteiger partial charge in [-0.2, -0.15) is 0 Å². The van der Waals surface area contributed by atoms with Crippen LogP contribution in [-0.2, 0) is 11.3 Å². The summed E-state index contributed by atoms with van der Waals surface area (Å²) >= 11 is 5.96. The van der Waals surface area contributed by atoms with E-state index in [9.17, 15) is 0 Å². The Bertz CT molecular complexity index is 529. The lowest BCUT2D eigenvalue weighted by atomic mass is 10.1. The summed E-state index contributed by atoms with van der Waals surface area (Å²) in [7, 11) is 3.23. The maximum Gasteiger partial charge on any atom is 0.156 e. The number of rotatable bonds is 4. The first-order chi connectivity index (χ1) is 8.72. The summed E-state index contributed by atoms with van der Waals surface area (Å²) in [6, 6.07) is 9.33. The van der Waals surface area contributed by atoms with Crippen LogP contribution in [0.15, 0.2) is 30.3 Å². The zero-order valence-corrected chi connectivity index (χ0v) is 10.9. The zero-order valence-electron chi connectivity index (χ0n) is 10.2. The van der Waals surface area contributed by atoms with Gasteiger partial charge in [0.1, 0.15) is 17.5 Å². The molecule has 0 atom stereocenters. The smallest absolute Gasteiger partial charge is 0.156 e. The number of hydrogen-bond acceptors (Lipinski definition) is 4. The van der Waals surface area contributed by atoms with Gasteiger partial charge < -0.3 is 9.47 Å².